The highest BCUT2D eigenvalue weighted by Crippen LogP contribution is 2.35. The molecule has 2 unspecified atom stereocenters. The van der Waals surface area contributed by atoms with Crippen molar-refractivity contribution >= 4 is 35.0 Å². The van der Waals surface area contributed by atoms with Crippen molar-refractivity contribution in [2.75, 3.05) is 0 Å². The van der Waals surface area contributed by atoms with Crippen LogP contribution in [0, 0.1) is 5.92 Å². The van der Waals surface area contributed by atoms with Crippen molar-refractivity contribution in [1.82, 2.24) is 9.55 Å². The summed E-state index contributed by atoms with van der Waals surface area (Å²) in [6, 6.07) is 5.43. The van der Waals surface area contributed by atoms with Gasteiger partial charge >= 0.3 is 0 Å². The lowest BCUT2D eigenvalue weighted by atomic mass is 10.1. The van der Waals surface area contributed by atoms with Crippen molar-refractivity contribution in [3.8, 4) is 0 Å². The maximum absolute atomic E-state index is 10.6. The van der Waals surface area contributed by atoms with Crippen molar-refractivity contribution < 1.29 is 5.11 Å². The van der Waals surface area contributed by atoms with Crippen LogP contribution in [0.3, 0.4) is 0 Å². The second kappa shape index (κ2) is 7.05. The molecule has 2 aromatic rings. The first-order valence-electron chi connectivity index (χ1n) is 6.64. The average molecular weight is 345 g/mol. The third-order valence-electron chi connectivity index (χ3n) is 3.49. The maximum Gasteiger partial charge on any atom is 0.112 e. The number of hydrogen-bond donors (Lipinski definition) is 1. The van der Waals surface area contributed by atoms with Gasteiger partial charge in [0, 0.05) is 40.7 Å². The van der Waals surface area contributed by atoms with E-state index < -0.39 is 4.93 Å². The third-order valence-corrected chi connectivity index (χ3v) is 5.52. The molecule has 0 radical (unpaired) electrons. The van der Waals surface area contributed by atoms with Crippen LogP contribution >= 0.6 is 35.0 Å². The Balaban J connectivity index is 1.96. The Bertz CT molecular complexity index is 587. The van der Waals surface area contributed by atoms with E-state index in [1.54, 1.807) is 18.6 Å². The molecule has 2 atom stereocenters. The molecule has 0 saturated carbocycles. The molecular weight excluding hydrogens is 327 g/mol. The molecule has 0 fully saturated rings. The fraction of sp³-hybridized carbons (Fsp3) is 0.400. The predicted molar refractivity (Wildman–Crippen MR) is 89.8 cm³/mol. The van der Waals surface area contributed by atoms with E-state index in [-0.39, 0.29) is 5.92 Å². The zero-order valence-electron chi connectivity index (χ0n) is 12.0. The van der Waals surface area contributed by atoms with E-state index >= 15 is 0 Å². The second-order valence-corrected chi connectivity index (χ2v) is 7.49. The molecular formula is C15H18Cl2N2OS. The normalized spacial score (nSPS) is 15.7. The zero-order chi connectivity index (χ0) is 15.5. The molecule has 1 aromatic carbocycles. The fourth-order valence-electron chi connectivity index (χ4n) is 1.89. The lowest BCUT2D eigenvalue weighted by molar-refractivity contribution is 0.0892. The molecule has 21 heavy (non-hydrogen) atoms. The van der Waals surface area contributed by atoms with E-state index in [4.69, 9.17) is 23.2 Å². The number of imidazole rings is 1. The molecule has 3 nitrogen and oxygen atoms in total. The number of hydrogen-bond acceptors (Lipinski definition) is 3. The summed E-state index contributed by atoms with van der Waals surface area (Å²) in [6.07, 6.45) is 5.39. The number of aromatic nitrogens is 2. The van der Waals surface area contributed by atoms with Crippen LogP contribution in [0.5, 0.6) is 0 Å². The molecule has 1 heterocycles. The molecule has 0 spiro atoms. The van der Waals surface area contributed by atoms with Crippen molar-refractivity contribution in [3.05, 3.63) is 52.5 Å². The minimum Gasteiger partial charge on any atom is -0.379 e. The van der Waals surface area contributed by atoms with Gasteiger partial charge in [0.2, 0.25) is 0 Å². The molecule has 2 rings (SSSR count). The number of thioether (sulfide) groups is 1. The zero-order valence-corrected chi connectivity index (χ0v) is 14.3. The molecule has 0 bridgehead atoms. The third kappa shape index (κ3) is 4.65. The average Bonchev–Trinajstić information content (AvgIpc) is 2.90. The SMILES string of the molecule is CC(Cn1ccnc1)C(C)(O)SCc1ccc(Cl)cc1Cl. The molecule has 6 heteroatoms. The van der Waals surface area contributed by atoms with Gasteiger partial charge in [-0.2, -0.15) is 0 Å². The molecule has 0 amide bonds. The van der Waals surface area contributed by atoms with Gasteiger partial charge in [-0.3, -0.25) is 0 Å². The Hall–Kier alpha value is -0.680. The highest BCUT2D eigenvalue weighted by molar-refractivity contribution is 7.99. The predicted octanol–water partition coefficient (Wildman–Crippen LogP) is 4.47. The van der Waals surface area contributed by atoms with Crippen molar-refractivity contribution in [1.29, 1.82) is 0 Å². The lowest BCUT2D eigenvalue weighted by Crippen LogP contribution is -2.31. The minimum atomic E-state index is -0.854. The Morgan fingerprint density at radius 2 is 2.19 bits per heavy atom. The largest absolute Gasteiger partial charge is 0.379 e. The Labute approximate surface area is 139 Å². The van der Waals surface area contributed by atoms with E-state index in [2.05, 4.69) is 4.98 Å². The van der Waals surface area contributed by atoms with Gasteiger partial charge in [0.1, 0.15) is 4.93 Å². The first-order chi connectivity index (χ1) is 9.88. The minimum absolute atomic E-state index is 0.0720. The monoisotopic (exact) mass is 344 g/mol. The molecule has 1 aromatic heterocycles. The van der Waals surface area contributed by atoms with E-state index in [9.17, 15) is 5.11 Å². The van der Waals surface area contributed by atoms with E-state index in [1.807, 2.05) is 36.7 Å². The first kappa shape index (κ1) is 16.7. The summed E-state index contributed by atoms with van der Waals surface area (Å²) in [5, 5.41) is 11.9. The lowest BCUT2D eigenvalue weighted by Gasteiger charge is -2.30. The van der Waals surface area contributed by atoms with E-state index in [1.165, 1.54) is 11.8 Å². The summed E-state index contributed by atoms with van der Waals surface area (Å²) in [5.41, 5.74) is 0.973. The number of halogens is 2. The highest BCUT2D eigenvalue weighted by atomic mass is 35.5. The number of benzene rings is 1. The van der Waals surface area contributed by atoms with E-state index in [0.29, 0.717) is 22.3 Å². The van der Waals surface area contributed by atoms with Crippen molar-refractivity contribution in [3.63, 3.8) is 0 Å². The highest BCUT2D eigenvalue weighted by Gasteiger charge is 2.29. The molecule has 0 saturated heterocycles. The Morgan fingerprint density at radius 3 is 2.81 bits per heavy atom. The van der Waals surface area contributed by atoms with Crippen LogP contribution in [0.1, 0.15) is 19.4 Å². The second-order valence-electron chi connectivity index (χ2n) is 5.24. The van der Waals surface area contributed by atoms with Gasteiger partial charge in [0.25, 0.3) is 0 Å². The smallest absolute Gasteiger partial charge is 0.112 e. The van der Waals surface area contributed by atoms with Gasteiger partial charge < -0.3 is 9.67 Å². The standard InChI is InChI=1S/C15H18Cl2N2OS/c1-11(8-19-6-5-18-10-19)15(2,20)21-9-12-3-4-13(16)7-14(12)17/h3-7,10-11,20H,8-9H2,1-2H3. The molecule has 0 aliphatic heterocycles. The van der Waals surface area contributed by atoms with Crippen molar-refractivity contribution in [2.24, 2.45) is 5.92 Å². The van der Waals surface area contributed by atoms with Crippen LogP contribution in [0.25, 0.3) is 0 Å². The van der Waals surface area contributed by atoms with Crippen LogP contribution in [-0.2, 0) is 12.3 Å². The van der Waals surface area contributed by atoms with Gasteiger partial charge in [-0.15, -0.1) is 11.8 Å². The number of nitrogens with zero attached hydrogens (tertiary/aromatic N) is 2. The summed E-state index contributed by atoms with van der Waals surface area (Å²) in [6.45, 7) is 4.58. The topological polar surface area (TPSA) is 38.0 Å². The summed E-state index contributed by atoms with van der Waals surface area (Å²) in [7, 11) is 0. The maximum atomic E-state index is 10.6. The number of aliphatic hydroxyl groups is 1. The summed E-state index contributed by atoms with van der Waals surface area (Å²) in [4.78, 5) is 3.16. The summed E-state index contributed by atoms with van der Waals surface area (Å²) < 4.78 is 1.97. The molecule has 114 valence electrons. The Kier molecular flexibility index (Phi) is 5.60. The van der Waals surface area contributed by atoms with Gasteiger partial charge in [-0.25, -0.2) is 4.98 Å². The van der Waals surface area contributed by atoms with Crippen LogP contribution in [0.4, 0.5) is 0 Å². The van der Waals surface area contributed by atoms with Crippen molar-refractivity contribution in [2.45, 2.75) is 31.1 Å². The van der Waals surface area contributed by atoms with Crippen LogP contribution < -0.4 is 0 Å². The van der Waals surface area contributed by atoms with Gasteiger partial charge in [-0.05, 0) is 24.6 Å². The van der Waals surface area contributed by atoms with Crippen LogP contribution in [0.2, 0.25) is 10.0 Å². The van der Waals surface area contributed by atoms with Gasteiger partial charge in [0.05, 0.1) is 6.33 Å². The molecule has 0 aliphatic rings. The summed E-state index contributed by atoms with van der Waals surface area (Å²) in [5.74, 6) is 0.708. The summed E-state index contributed by atoms with van der Waals surface area (Å²) >= 11 is 13.5. The quantitative estimate of drug-likeness (QED) is 0.785. The van der Waals surface area contributed by atoms with Crippen LogP contribution in [-0.4, -0.2) is 19.6 Å². The number of rotatable bonds is 6. The molecule has 0 aliphatic carbocycles. The van der Waals surface area contributed by atoms with Crippen LogP contribution in [0.15, 0.2) is 36.9 Å². The first-order valence-corrected chi connectivity index (χ1v) is 8.38. The fourth-order valence-corrected chi connectivity index (χ4v) is 3.50. The molecule has 1 N–H and O–H groups in total. The van der Waals surface area contributed by atoms with Gasteiger partial charge in [-0.1, -0.05) is 36.2 Å². The van der Waals surface area contributed by atoms with E-state index in [0.717, 1.165) is 5.56 Å². The Morgan fingerprint density at radius 1 is 1.43 bits per heavy atom. The van der Waals surface area contributed by atoms with Gasteiger partial charge in [0.15, 0.2) is 0 Å².